The van der Waals surface area contributed by atoms with Crippen LogP contribution in [0.1, 0.15) is 45.7 Å². The van der Waals surface area contributed by atoms with Gasteiger partial charge in [0.05, 0.1) is 24.6 Å². The van der Waals surface area contributed by atoms with E-state index < -0.39 is 11.9 Å². The number of carbonyl (C=O) groups excluding carboxylic acids is 2. The molecule has 35 heavy (non-hydrogen) atoms. The van der Waals surface area contributed by atoms with Gasteiger partial charge in [0.2, 0.25) is 0 Å². The maximum absolute atomic E-state index is 12.8. The molecule has 0 aliphatic heterocycles. The highest BCUT2D eigenvalue weighted by molar-refractivity contribution is 7.20. The van der Waals surface area contributed by atoms with Crippen LogP contribution in [0.15, 0.2) is 68.5 Å². The van der Waals surface area contributed by atoms with Gasteiger partial charge in [0.1, 0.15) is 33.1 Å². The molecule has 0 amide bonds. The Morgan fingerprint density at radius 1 is 0.686 bits per heavy atom. The molecule has 1 heterocycles. The second-order valence-corrected chi connectivity index (χ2v) is 8.20. The number of benzene rings is 2. The lowest BCUT2D eigenvalue weighted by Crippen LogP contribution is -2.12. The fraction of sp³-hybridized carbons (Fsp3) is 0.231. The molecule has 8 nitrogen and oxygen atoms in total. The third-order valence-corrected chi connectivity index (χ3v) is 5.54. The average molecular weight is 489 g/mol. The second-order valence-electron chi connectivity index (χ2n) is 7.22. The van der Waals surface area contributed by atoms with E-state index in [2.05, 4.69) is 32.0 Å². The molecule has 178 valence electrons. The van der Waals surface area contributed by atoms with E-state index in [0.29, 0.717) is 11.4 Å². The Hall–Kier alpha value is -4.16. The van der Waals surface area contributed by atoms with Crippen molar-refractivity contribution in [3.8, 4) is 0 Å². The number of carbonyl (C=O) groups is 2. The summed E-state index contributed by atoms with van der Waals surface area (Å²) in [4.78, 5) is 42.3. The van der Waals surface area contributed by atoms with E-state index in [-0.39, 0.29) is 34.3 Å². The van der Waals surface area contributed by atoms with Crippen LogP contribution in [-0.4, -0.2) is 37.2 Å². The van der Waals surface area contributed by atoms with Crippen LogP contribution < -0.4 is 0 Å². The van der Waals surface area contributed by atoms with Crippen molar-refractivity contribution < 1.29 is 19.1 Å². The Labute approximate surface area is 207 Å². The van der Waals surface area contributed by atoms with Crippen LogP contribution in [0, 0.1) is 13.8 Å². The highest BCUT2D eigenvalue weighted by atomic mass is 32.1. The molecule has 0 bridgehead atoms. The van der Waals surface area contributed by atoms with E-state index in [9.17, 15) is 9.59 Å². The number of hydrogen-bond acceptors (Lipinski definition) is 9. The van der Waals surface area contributed by atoms with E-state index >= 15 is 0 Å². The molecule has 0 aliphatic rings. The fourth-order valence-electron chi connectivity index (χ4n) is 2.85. The number of nitrogens with zero attached hydrogens (tertiary/aromatic N) is 4. The van der Waals surface area contributed by atoms with Crippen molar-refractivity contribution in [2.75, 3.05) is 13.2 Å². The minimum absolute atomic E-state index is 0.0576. The molecule has 2 aromatic carbocycles. The van der Waals surface area contributed by atoms with Gasteiger partial charge >= 0.3 is 11.9 Å². The maximum atomic E-state index is 12.8. The number of aryl methyl sites for hydroxylation is 2. The Balaban J connectivity index is 2.10. The Morgan fingerprint density at radius 3 is 1.40 bits per heavy atom. The predicted molar refractivity (Wildman–Crippen MR) is 137 cm³/mol. The summed E-state index contributed by atoms with van der Waals surface area (Å²) < 4.78 is 10.3. The molecule has 0 atom stereocenters. The topological polar surface area (TPSA) is 102 Å². The van der Waals surface area contributed by atoms with Gasteiger partial charge in [-0.25, -0.2) is 9.59 Å². The van der Waals surface area contributed by atoms with Gasteiger partial charge in [-0.2, -0.15) is 20.0 Å². The van der Waals surface area contributed by atoms with Crippen molar-refractivity contribution in [3.63, 3.8) is 0 Å². The predicted octanol–water partition coefficient (Wildman–Crippen LogP) is 6.99. The van der Waals surface area contributed by atoms with E-state index in [1.807, 2.05) is 62.4 Å². The maximum Gasteiger partial charge on any atom is 0.342 e. The Kier molecular flexibility index (Phi) is 8.98. The van der Waals surface area contributed by atoms with Gasteiger partial charge in [-0.05, 0) is 52.0 Å². The van der Waals surface area contributed by atoms with Crippen LogP contribution in [0.25, 0.3) is 0 Å². The largest absolute Gasteiger partial charge is 0.462 e. The highest BCUT2D eigenvalue weighted by Crippen LogP contribution is 2.42. The first-order valence-corrected chi connectivity index (χ1v) is 11.7. The van der Waals surface area contributed by atoms with Crippen molar-refractivity contribution in [1.29, 1.82) is 0 Å². The summed E-state index contributed by atoms with van der Waals surface area (Å²) in [5.41, 5.74) is 3.36. The number of thiophene rings is 1. The van der Waals surface area contributed by atoms with Crippen molar-refractivity contribution >= 4 is 56.7 Å². The van der Waals surface area contributed by atoms with Gasteiger partial charge in [-0.3, -0.25) is 0 Å². The van der Waals surface area contributed by atoms with E-state index in [1.54, 1.807) is 13.8 Å². The summed E-state index contributed by atoms with van der Waals surface area (Å²) >= 11 is 0.990. The van der Waals surface area contributed by atoms with E-state index in [4.69, 9.17) is 9.47 Å². The van der Waals surface area contributed by atoms with Gasteiger partial charge in [0, 0.05) is 0 Å². The highest BCUT2D eigenvalue weighted by Gasteiger charge is 2.30. The van der Waals surface area contributed by atoms with Gasteiger partial charge < -0.3 is 9.47 Å². The molecule has 3 rings (SSSR count). The molecule has 9 heteroatoms. The number of hydrogen-bond donors (Lipinski definition) is 0. The minimum Gasteiger partial charge on any atom is -0.462 e. The number of rotatable bonds is 8. The van der Waals surface area contributed by atoms with Crippen LogP contribution in [-0.2, 0) is 9.47 Å². The van der Waals surface area contributed by atoms with E-state index in [0.717, 1.165) is 22.5 Å². The Morgan fingerprint density at radius 2 is 1.06 bits per heavy atom. The lowest BCUT2D eigenvalue weighted by atomic mass is 10.1. The van der Waals surface area contributed by atoms with Crippen molar-refractivity contribution in [1.82, 2.24) is 0 Å². The zero-order chi connectivity index (χ0) is 25.2. The summed E-state index contributed by atoms with van der Waals surface area (Å²) in [7, 11) is 0. The quantitative estimate of drug-likeness (QED) is 0.252. The first kappa shape index (κ1) is 25.5. The standard InChI is InChI=1S/C26H24N4O4S/c1-5-33-25(31)21-22(26(32)34-6-2)24(30-16-28-20-13-9-18(4)10-14-20)35-23(21)29-15-27-19-11-7-17(3)8-12-19/h7-14H,5-6H2,1-4H3. The molecule has 0 saturated carbocycles. The number of ether oxygens (including phenoxy) is 2. The summed E-state index contributed by atoms with van der Waals surface area (Å²) in [6.07, 6.45) is 0. The van der Waals surface area contributed by atoms with E-state index in [1.165, 1.54) is 0 Å². The van der Waals surface area contributed by atoms with Crippen molar-refractivity contribution in [2.24, 2.45) is 20.0 Å². The molecule has 0 spiro atoms. The minimum atomic E-state index is -0.723. The average Bonchev–Trinajstić information content (AvgIpc) is 3.20. The Bertz CT molecular complexity index is 1230. The van der Waals surface area contributed by atoms with Gasteiger partial charge in [-0.15, -0.1) is 0 Å². The zero-order valence-corrected chi connectivity index (χ0v) is 20.7. The number of esters is 2. The third-order valence-electron chi connectivity index (χ3n) is 4.56. The van der Waals surface area contributed by atoms with Crippen LogP contribution in [0.5, 0.6) is 0 Å². The zero-order valence-electron chi connectivity index (χ0n) is 19.9. The molecule has 1 aromatic heterocycles. The van der Waals surface area contributed by atoms with Gasteiger partial charge in [0.15, 0.2) is 0 Å². The molecule has 3 aromatic rings. The molecule has 0 fully saturated rings. The molecule has 0 aliphatic carbocycles. The summed E-state index contributed by atoms with van der Waals surface area (Å²) in [6.45, 7) is 7.52. The molecule has 0 N–H and O–H groups in total. The summed E-state index contributed by atoms with van der Waals surface area (Å²) in [6, 6.07) is 20.1. The monoisotopic (exact) mass is 488 g/mol. The van der Waals surface area contributed by atoms with Crippen molar-refractivity contribution in [3.05, 3.63) is 70.8 Å². The number of aliphatic imine (C=N–C) groups is 4. The van der Waals surface area contributed by atoms with Gasteiger partial charge in [-0.1, -0.05) is 46.7 Å². The normalized spacial score (nSPS) is 9.94. The lowest BCUT2D eigenvalue weighted by Gasteiger charge is -2.05. The third kappa shape index (κ3) is 6.91. The molecular formula is C26H24N4O4S. The van der Waals surface area contributed by atoms with Crippen LogP contribution in [0.2, 0.25) is 0 Å². The van der Waals surface area contributed by atoms with Crippen molar-refractivity contribution in [2.45, 2.75) is 27.7 Å². The molecule has 0 saturated heterocycles. The summed E-state index contributed by atoms with van der Waals surface area (Å²) in [5, 5.41) is 0.330. The fourth-order valence-corrected chi connectivity index (χ4v) is 3.78. The van der Waals surface area contributed by atoms with Crippen LogP contribution >= 0.6 is 11.3 Å². The molecular weight excluding hydrogens is 464 g/mol. The first-order chi connectivity index (χ1) is 16.9. The molecule has 0 radical (unpaired) electrons. The second kappa shape index (κ2) is 12.3. The first-order valence-electron chi connectivity index (χ1n) is 10.9. The molecule has 0 unspecified atom stereocenters. The summed E-state index contributed by atoms with van der Waals surface area (Å²) in [5.74, 6) is -1.45. The SMILES string of the molecule is CCOC(=O)c1c(N=C=Nc2ccc(C)cc2)sc(N=C=Nc2ccc(C)cc2)c1C(=O)OCC. The van der Waals surface area contributed by atoms with Crippen LogP contribution in [0.3, 0.4) is 0 Å². The lowest BCUT2D eigenvalue weighted by molar-refractivity contribution is 0.0481. The smallest absolute Gasteiger partial charge is 0.342 e. The van der Waals surface area contributed by atoms with Gasteiger partial charge in [0.25, 0.3) is 0 Å². The van der Waals surface area contributed by atoms with Crippen LogP contribution in [0.4, 0.5) is 21.4 Å².